The van der Waals surface area contributed by atoms with Crippen LogP contribution in [0.2, 0.25) is 5.02 Å². The second-order valence-electron chi connectivity index (χ2n) is 13.7. The minimum Gasteiger partial charge on any atom is -0.481 e. The van der Waals surface area contributed by atoms with Crippen LogP contribution in [0.15, 0.2) is 29.8 Å². The fraction of sp³-hybridized carbons (Fsp3) is 0.606. The number of nitrogens with zero attached hydrogens (tertiary/aromatic N) is 2. The van der Waals surface area contributed by atoms with Crippen molar-refractivity contribution >= 4 is 41.5 Å². The lowest BCUT2D eigenvalue weighted by molar-refractivity contribution is -0.139. The maximum atomic E-state index is 13.9. The molecule has 3 aliphatic rings. The highest BCUT2D eigenvalue weighted by molar-refractivity contribution is 6.31. The Kier molecular flexibility index (Phi) is 11.2. The van der Waals surface area contributed by atoms with Crippen molar-refractivity contribution < 1.29 is 33.8 Å². The van der Waals surface area contributed by atoms with Crippen molar-refractivity contribution in [1.29, 1.82) is 0 Å². The summed E-state index contributed by atoms with van der Waals surface area (Å²) in [5.74, 6) is -2.08. The van der Waals surface area contributed by atoms with Crippen LogP contribution in [0, 0.1) is 11.8 Å². The van der Waals surface area contributed by atoms with Gasteiger partial charge in [0.1, 0.15) is 18.2 Å². The van der Waals surface area contributed by atoms with Crippen molar-refractivity contribution in [3.05, 3.63) is 46.0 Å². The Bertz CT molecular complexity index is 1380. The van der Waals surface area contributed by atoms with E-state index in [9.17, 15) is 24.0 Å². The first kappa shape index (κ1) is 35.1. The third-order valence-corrected chi connectivity index (χ3v) is 9.13. The lowest BCUT2D eigenvalue weighted by Crippen LogP contribution is -2.56. The van der Waals surface area contributed by atoms with Crippen LogP contribution >= 0.6 is 11.6 Å². The van der Waals surface area contributed by atoms with Gasteiger partial charge in [-0.3, -0.25) is 19.3 Å². The average molecular weight is 660 g/mol. The molecule has 1 saturated heterocycles. The number of hydrogen-bond donors (Lipinski definition) is 4. The minimum atomic E-state index is -0.990. The number of ether oxygens (including phenoxy) is 1. The highest BCUT2D eigenvalue weighted by atomic mass is 35.5. The van der Waals surface area contributed by atoms with Crippen LogP contribution in [0.4, 0.5) is 9.59 Å². The normalized spacial score (nSPS) is 23.0. The van der Waals surface area contributed by atoms with Crippen molar-refractivity contribution in [3.8, 4) is 0 Å². The fourth-order valence-corrected chi connectivity index (χ4v) is 6.49. The number of carbonyl (C=O) groups is 5. The largest absolute Gasteiger partial charge is 0.481 e. The number of carboxylic acids is 1. The summed E-state index contributed by atoms with van der Waals surface area (Å²) >= 11 is 6.29. The Hall–Kier alpha value is -3.80. The van der Waals surface area contributed by atoms with Gasteiger partial charge in [-0.1, -0.05) is 48.2 Å². The molecule has 1 aromatic carbocycles. The molecule has 0 radical (unpaired) electrons. The molecule has 0 spiro atoms. The van der Waals surface area contributed by atoms with Crippen LogP contribution in [0.5, 0.6) is 0 Å². The molecule has 1 saturated carbocycles. The number of nitrogens with one attached hydrogen (secondary N) is 2. The molecule has 0 bridgehead atoms. The third-order valence-electron chi connectivity index (χ3n) is 8.77. The maximum Gasteiger partial charge on any atom is 0.410 e. The number of hydrogen-bond acceptors (Lipinski definition) is 6. The van der Waals surface area contributed by atoms with Gasteiger partial charge in [-0.25, -0.2) is 9.59 Å². The molecule has 2 unspecified atom stereocenters. The SMILES string of the molecule is C/C(=C/CCCCC[C@H](NC(=O)NC(C)(C)C)C(=O)N1CC(OC(=O)N2Cc3cccc(Cl)c3C2)CC1C(N)=O)[C@@H]1C[C@@H]1C(=O)O. The summed E-state index contributed by atoms with van der Waals surface area (Å²) in [6.45, 7) is 8.07. The van der Waals surface area contributed by atoms with E-state index in [0.717, 1.165) is 36.0 Å². The standard InChI is InChI=1S/C33H46ClN5O7/c1-19(22-15-23(22)30(42)43)10-7-5-6-8-13-26(36-31(44)37-33(2,3)4)29(41)39-17-21(14-27(39)28(35)40)46-32(45)38-16-20-11-9-12-25(34)24(20)18-38/h9-12,21-23,26-27H,5-8,13-18H2,1-4H3,(H2,35,40)(H,42,43)(H2,36,37,44)/b19-10-/t21?,22-,23-,26-,27?/m0/s1. The van der Waals surface area contributed by atoms with Crippen molar-refractivity contribution in [2.45, 2.75) is 109 Å². The third kappa shape index (κ3) is 9.14. The first-order valence-electron chi connectivity index (χ1n) is 15.9. The van der Waals surface area contributed by atoms with E-state index in [4.69, 9.17) is 27.2 Å². The van der Waals surface area contributed by atoms with Crippen molar-refractivity contribution in [3.63, 3.8) is 0 Å². The quantitative estimate of drug-likeness (QED) is 0.191. The molecule has 46 heavy (non-hydrogen) atoms. The fourth-order valence-electron chi connectivity index (χ4n) is 6.24. The van der Waals surface area contributed by atoms with Crippen molar-refractivity contribution in [2.75, 3.05) is 6.54 Å². The number of nitrogens with two attached hydrogens (primary N) is 1. The molecule has 5 amide bonds. The molecule has 4 rings (SSSR count). The molecule has 1 aliphatic carbocycles. The molecular weight excluding hydrogens is 614 g/mol. The molecule has 5 N–H and O–H groups in total. The van der Waals surface area contributed by atoms with Crippen LogP contribution in [0.25, 0.3) is 0 Å². The van der Waals surface area contributed by atoms with Crippen LogP contribution in [0.3, 0.4) is 0 Å². The van der Waals surface area contributed by atoms with Crippen LogP contribution in [0.1, 0.15) is 83.8 Å². The highest BCUT2D eigenvalue weighted by Gasteiger charge is 2.44. The van der Waals surface area contributed by atoms with Gasteiger partial charge in [0.25, 0.3) is 0 Å². The molecule has 13 heteroatoms. The van der Waals surface area contributed by atoms with E-state index in [0.29, 0.717) is 37.4 Å². The zero-order valence-corrected chi connectivity index (χ0v) is 27.8. The second-order valence-corrected chi connectivity index (χ2v) is 14.1. The molecule has 0 aromatic heterocycles. The number of allylic oxidation sites excluding steroid dienone is 2. The molecule has 1 aromatic rings. The zero-order chi connectivity index (χ0) is 33.8. The summed E-state index contributed by atoms with van der Waals surface area (Å²) in [6.07, 6.45) is 4.90. The summed E-state index contributed by atoms with van der Waals surface area (Å²) < 4.78 is 5.74. The number of unbranched alkanes of at least 4 members (excludes halogenated alkanes) is 3. The summed E-state index contributed by atoms with van der Waals surface area (Å²) in [7, 11) is 0. The van der Waals surface area contributed by atoms with Gasteiger partial charge >= 0.3 is 18.1 Å². The van der Waals surface area contributed by atoms with E-state index < -0.39 is 53.6 Å². The monoisotopic (exact) mass is 659 g/mol. The second kappa shape index (κ2) is 14.7. The Labute approximate surface area is 275 Å². The molecular formula is C33H46ClN5O7. The van der Waals surface area contributed by atoms with Crippen LogP contribution < -0.4 is 16.4 Å². The summed E-state index contributed by atoms with van der Waals surface area (Å²) in [5.41, 5.74) is 8.06. The topological polar surface area (TPSA) is 171 Å². The number of urea groups is 1. The van der Waals surface area contributed by atoms with Crippen LogP contribution in [-0.4, -0.2) is 75.1 Å². The van der Waals surface area contributed by atoms with Gasteiger partial charge in [0.15, 0.2) is 0 Å². The van der Waals surface area contributed by atoms with E-state index in [1.807, 2.05) is 39.8 Å². The smallest absolute Gasteiger partial charge is 0.410 e. The lowest BCUT2D eigenvalue weighted by atomic mass is 10.0. The molecule has 252 valence electrons. The number of aliphatic carboxylic acids is 1. The van der Waals surface area contributed by atoms with Gasteiger partial charge in [0.2, 0.25) is 11.8 Å². The first-order valence-corrected chi connectivity index (χ1v) is 16.3. The maximum absolute atomic E-state index is 13.9. The molecule has 2 aliphatic heterocycles. The van der Waals surface area contributed by atoms with Gasteiger partial charge in [-0.2, -0.15) is 0 Å². The Balaban J connectivity index is 1.35. The Morgan fingerprint density at radius 3 is 2.48 bits per heavy atom. The Morgan fingerprint density at radius 2 is 1.85 bits per heavy atom. The predicted octanol–water partition coefficient (Wildman–Crippen LogP) is 4.33. The van der Waals surface area contributed by atoms with Crippen molar-refractivity contribution in [2.24, 2.45) is 17.6 Å². The number of benzene rings is 1. The van der Waals surface area contributed by atoms with Crippen LogP contribution in [-0.2, 0) is 32.2 Å². The predicted molar refractivity (Wildman–Crippen MR) is 172 cm³/mol. The van der Waals surface area contributed by atoms with E-state index in [-0.39, 0.29) is 24.8 Å². The summed E-state index contributed by atoms with van der Waals surface area (Å²) in [5, 5.41) is 15.3. The van der Waals surface area contributed by atoms with Gasteiger partial charge < -0.3 is 31.1 Å². The van der Waals surface area contributed by atoms with E-state index >= 15 is 0 Å². The molecule has 2 fully saturated rings. The number of primary amides is 1. The molecule has 2 heterocycles. The number of carbonyl (C=O) groups excluding carboxylic acids is 4. The zero-order valence-electron chi connectivity index (χ0n) is 27.0. The lowest BCUT2D eigenvalue weighted by Gasteiger charge is -2.29. The van der Waals surface area contributed by atoms with Gasteiger partial charge in [0, 0.05) is 23.5 Å². The number of fused-ring (bicyclic) bond motifs is 1. The number of halogens is 1. The number of likely N-dealkylation sites (tertiary alicyclic amines) is 1. The van der Waals surface area contributed by atoms with Gasteiger partial charge in [-0.15, -0.1) is 0 Å². The van der Waals surface area contributed by atoms with Crippen molar-refractivity contribution in [1.82, 2.24) is 20.4 Å². The van der Waals surface area contributed by atoms with E-state index in [1.165, 1.54) is 9.80 Å². The number of carboxylic acid groups (broad SMARTS) is 1. The van der Waals surface area contributed by atoms with E-state index in [1.54, 1.807) is 6.07 Å². The van der Waals surface area contributed by atoms with E-state index in [2.05, 4.69) is 16.7 Å². The molecule has 12 nitrogen and oxygen atoms in total. The minimum absolute atomic E-state index is 0.0264. The van der Waals surface area contributed by atoms with Gasteiger partial charge in [0.05, 0.1) is 19.0 Å². The highest BCUT2D eigenvalue weighted by Crippen LogP contribution is 2.44. The first-order chi connectivity index (χ1) is 21.6. The average Bonchev–Trinajstić information content (AvgIpc) is 3.47. The summed E-state index contributed by atoms with van der Waals surface area (Å²) in [4.78, 5) is 66.1. The summed E-state index contributed by atoms with van der Waals surface area (Å²) in [6, 6.07) is 3.07. The Morgan fingerprint density at radius 1 is 1.11 bits per heavy atom. The molecule has 5 atom stereocenters. The number of rotatable bonds is 12. The van der Waals surface area contributed by atoms with Gasteiger partial charge in [-0.05, 0) is 76.5 Å². The number of amides is 5.